The van der Waals surface area contributed by atoms with E-state index in [4.69, 9.17) is 0 Å². The van der Waals surface area contributed by atoms with Crippen LogP contribution in [-0.4, -0.2) is 34.1 Å². The van der Waals surface area contributed by atoms with Crippen molar-refractivity contribution < 1.29 is 14.7 Å². The van der Waals surface area contributed by atoms with Gasteiger partial charge >= 0.3 is 0 Å². The molecule has 160 valence electrons. The highest BCUT2D eigenvalue weighted by atomic mass is 16.3. The number of nitrogens with zero attached hydrogens (tertiary/aromatic N) is 1. The van der Waals surface area contributed by atoms with Crippen LogP contribution in [0, 0.1) is 18.8 Å². The van der Waals surface area contributed by atoms with Crippen molar-refractivity contribution in [3.8, 4) is 0 Å². The van der Waals surface area contributed by atoms with Crippen LogP contribution in [0.3, 0.4) is 0 Å². The number of carbonyl (C=O) groups excluding carboxylic acids is 2. The number of benzene rings is 2. The van der Waals surface area contributed by atoms with E-state index in [-0.39, 0.29) is 23.9 Å². The maximum absolute atomic E-state index is 12.7. The van der Waals surface area contributed by atoms with Crippen molar-refractivity contribution >= 4 is 17.5 Å². The summed E-state index contributed by atoms with van der Waals surface area (Å²) in [6.07, 6.45) is 6.36. The number of imide groups is 1. The summed E-state index contributed by atoms with van der Waals surface area (Å²) in [5, 5.41) is 14.5. The lowest BCUT2D eigenvalue weighted by atomic mass is 9.46. The number of anilines is 1. The molecule has 7 rings (SSSR count). The topological polar surface area (TPSA) is 69.6 Å². The van der Waals surface area contributed by atoms with Gasteiger partial charge in [-0.25, -0.2) is 0 Å². The van der Waals surface area contributed by atoms with Crippen LogP contribution in [0.15, 0.2) is 42.5 Å². The second-order valence-electron chi connectivity index (χ2n) is 10.4. The smallest absolute Gasteiger partial charge is 0.263 e. The lowest BCUT2D eigenvalue weighted by Gasteiger charge is -2.60. The van der Waals surface area contributed by atoms with E-state index in [1.165, 1.54) is 16.9 Å². The maximum atomic E-state index is 12.7. The zero-order valence-corrected chi connectivity index (χ0v) is 17.9. The van der Waals surface area contributed by atoms with Crippen LogP contribution in [0.25, 0.3) is 0 Å². The van der Waals surface area contributed by atoms with Crippen molar-refractivity contribution in [3.63, 3.8) is 0 Å². The molecular weight excluding hydrogens is 388 g/mol. The number of aliphatic hydroxyl groups is 1. The van der Waals surface area contributed by atoms with Crippen LogP contribution in [0.4, 0.5) is 5.69 Å². The van der Waals surface area contributed by atoms with E-state index in [0.29, 0.717) is 23.0 Å². The molecule has 0 spiro atoms. The number of nitrogens with one attached hydrogen (secondary N) is 1. The minimum atomic E-state index is -0.497. The number of hydrogen-bond donors (Lipinski definition) is 2. The summed E-state index contributed by atoms with van der Waals surface area (Å²) in [6.45, 7) is 2.19. The zero-order valence-electron chi connectivity index (χ0n) is 17.9. The normalized spacial score (nSPS) is 33.2. The Morgan fingerprint density at radius 2 is 1.65 bits per heavy atom. The van der Waals surface area contributed by atoms with Gasteiger partial charge in [0.25, 0.3) is 11.8 Å². The predicted molar refractivity (Wildman–Crippen MR) is 118 cm³/mol. The fourth-order valence-electron chi connectivity index (χ4n) is 7.24. The molecule has 4 bridgehead atoms. The Kier molecular flexibility index (Phi) is 3.95. The lowest BCUT2D eigenvalue weighted by Crippen LogP contribution is -2.57. The maximum Gasteiger partial charge on any atom is 0.263 e. The van der Waals surface area contributed by atoms with E-state index in [2.05, 4.69) is 23.5 Å². The standard InChI is InChI=1S/C26H28N2O3/c1-16-6-7-19(25-10-17-8-18(11-25)13-26(31,12-17)14-25)9-22(16)27-15-28-23(29)20-4-2-3-5-21(20)24(28)30/h2-7,9,17-18,27,31H,8,10-15H2,1H3/t17-,18+,25?,26?. The number of amides is 2. The van der Waals surface area contributed by atoms with Gasteiger partial charge in [0, 0.05) is 5.69 Å². The van der Waals surface area contributed by atoms with Gasteiger partial charge in [0.15, 0.2) is 0 Å². The van der Waals surface area contributed by atoms with Crippen LogP contribution in [0.5, 0.6) is 0 Å². The average Bonchev–Trinajstić information content (AvgIpc) is 2.96. The molecule has 0 saturated heterocycles. The predicted octanol–water partition coefficient (Wildman–Crippen LogP) is 4.24. The minimum absolute atomic E-state index is 0.0541. The Hall–Kier alpha value is -2.66. The molecule has 2 aromatic rings. The summed E-state index contributed by atoms with van der Waals surface area (Å²) in [5.74, 6) is 0.764. The van der Waals surface area contributed by atoms with E-state index >= 15 is 0 Å². The van der Waals surface area contributed by atoms with Gasteiger partial charge in [0.05, 0.1) is 23.4 Å². The molecular formula is C26H28N2O3. The summed E-state index contributed by atoms with van der Waals surface area (Å²) in [5.41, 5.74) is 3.83. The molecule has 2 unspecified atom stereocenters. The van der Waals surface area contributed by atoms with Crippen molar-refractivity contribution in [3.05, 3.63) is 64.7 Å². The molecule has 1 heterocycles. The number of rotatable bonds is 4. The van der Waals surface area contributed by atoms with Gasteiger partial charge in [-0.1, -0.05) is 24.3 Å². The minimum Gasteiger partial charge on any atom is -0.390 e. The first-order valence-corrected chi connectivity index (χ1v) is 11.4. The molecule has 0 radical (unpaired) electrons. The van der Waals surface area contributed by atoms with Crippen LogP contribution in [0.2, 0.25) is 0 Å². The molecule has 2 aromatic carbocycles. The van der Waals surface area contributed by atoms with E-state index in [1.807, 2.05) is 6.92 Å². The van der Waals surface area contributed by atoms with E-state index in [9.17, 15) is 14.7 Å². The Morgan fingerprint density at radius 1 is 1.00 bits per heavy atom. The summed E-state index contributed by atoms with van der Waals surface area (Å²) in [7, 11) is 0. The first-order valence-electron chi connectivity index (χ1n) is 11.4. The molecule has 0 aromatic heterocycles. The van der Waals surface area contributed by atoms with Crippen molar-refractivity contribution in [1.82, 2.24) is 4.90 Å². The lowest BCUT2D eigenvalue weighted by molar-refractivity contribution is -0.136. The second kappa shape index (κ2) is 6.42. The molecule has 4 aliphatic carbocycles. The molecule has 4 atom stereocenters. The van der Waals surface area contributed by atoms with E-state index < -0.39 is 5.60 Å². The van der Waals surface area contributed by atoms with Crippen LogP contribution < -0.4 is 5.32 Å². The molecule has 4 saturated carbocycles. The Bertz CT molecular complexity index is 1060. The fourth-order valence-corrected chi connectivity index (χ4v) is 7.24. The van der Waals surface area contributed by atoms with Gasteiger partial charge in [-0.3, -0.25) is 14.5 Å². The van der Waals surface area contributed by atoms with Gasteiger partial charge in [-0.05, 0) is 92.0 Å². The molecule has 5 nitrogen and oxygen atoms in total. The molecule has 4 fully saturated rings. The highest BCUT2D eigenvalue weighted by Gasteiger charge is 2.57. The second-order valence-corrected chi connectivity index (χ2v) is 10.4. The molecule has 2 amide bonds. The Morgan fingerprint density at radius 3 is 2.26 bits per heavy atom. The summed E-state index contributed by atoms with van der Waals surface area (Å²) < 4.78 is 0. The van der Waals surface area contributed by atoms with Crippen molar-refractivity contribution in [2.24, 2.45) is 11.8 Å². The Labute approximate surface area is 182 Å². The highest BCUT2D eigenvalue weighted by Crippen LogP contribution is 2.62. The first kappa shape index (κ1) is 19.1. The molecule has 31 heavy (non-hydrogen) atoms. The molecule has 2 N–H and O–H groups in total. The fraction of sp³-hybridized carbons (Fsp3) is 0.462. The van der Waals surface area contributed by atoms with Crippen molar-refractivity contribution in [1.29, 1.82) is 0 Å². The molecule has 5 heteroatoms. The number of aryl methyl sites for hydroxylation is 1. The van der Waals surface area contributed by atoms with E-state index in [0.717, 1.165) is 43.4 Å². The van der Waals surface area contributed by atoms with Crippen LogP contribution >= 0.6 is 0 Å². The van der Waals surface area contributed by atoms with Gasteiger partial charge in [-0.2, -0.15) is 0 Å². The molecule has 1 aliphatic heterocycles. The van der Waals surface area contributed by atoms with Gasteiger partial charge in [-0.15, -0.1) is 0 Å². The first-order chi connectivity index (χ1) is 14.9. The summed E-state index contributed by atoms with van der Waals surface area (Å²) in [6, 6.07) is 13.5. The highest BCUT2D eigenvalue weighted by molar-refractivity contribution is 6.21. The number of hydrogen-bond acceptors (Lipinski definition) is 4. The van der Waals surface area contributed by atoms with Gasteiger partial charge < -0.3 is 10.4 Å². The van der Waals surface area contributed by atoms with Crippen LogP contribution in [-0.2, 0) is 5.41 Å². The van der Waals surface area contributed by atoms with Crippen molar-refractivity contribution in [2.45, 2.75) is 56.5 Å². The third-order valence-electron chi connectivity index (χ3n) is 8.19. The molecule has 5 aliphatic rings. The van der Waals surface area contributed by atoms with Gasteiger partial charge in [0.2, 0.25) is 0 Å². The van der Waals surface area contributed by atoms with E-state index in [1.54, 1.807) is 24.3 Å². The summed E-state index contributed by atoms with van der Waals surface area (Å²) >= 11 is 0. The van der Waals surface area contributed by atoms with Crippen LogP contribution in [0.1, 0.15) is 70.4 Å². The average molecular weight is 417 g/mol. The number of carbonyl (C=O) groups is 2. The Balaban J connectivity index is 1.26. The quantitative estimate of drug-likeness (QED) is 0.732. The largest absolute Gasteiger partial charge is 0.390 e. The van der Waals surface area contributed by atoms with Crippen molar-refractivity contribution in [2.75, 3.05) is 12.0 Å². The SMILES string of the molecule is Cc1ccc(C23C[C@@H]4C[C@@H](CC(O)(C4)C2)C3)cc1NCN1C(=O)c2ccccc2C1=O. The van der Waals surface area contributed by atoms with Gasteiger partial charge in [0.1, 0.15) is 0 Å². The third kappa shape index (κ3) is 2.86. The third-order valence-corrected chi connectivity index (χ3v) is 8.19. The monoisotopic (exact) mass is 416 g/mol. The summed E-state index contributed by atoms with van der Waals surface area (Å²) in [4.78, 5) is 26.6. The number of fused-ring (bicyclic) bond motifs is 1. The zero-order chi connectivity index (χ0) is 21.4.